The third-order valence-corrected chi connectivity index (χ3v) is 6.34. The highest BCUT2D eigenvalue weighted by atomic mass is 32.2. The van der Waals surface area contributed by atoms with Crippen molar-refractivity contribution in [3.8, 4) is 6.07 Å². The van der Waals surface area contributed by atoms with Crippen LogP contribution in [0, 0.1) is 11.3 Å². The van der Waals surface area contributed by atoms with Gasteiger partial charge in [0.1, 0.15) is 0 Å². The van der Waals surface area contributed by atoms with Gasteiger partial charge in [-0.3, -0.25) is 0 Å². The normalized spacial score (nSPS) is 18.6. The summed E-state index contributed by atoms with van der Waals surface area (Å²) in [6, 6.07) is 11.5. The van der Waals surface area contributed by atoms with E-state index in [1.807, 2.05) is 6.07 Å². The van der Waals surface area contributed by atoms with E-state index in [4.69, 9.17) is 5.26 Å². The monoisotopic (exact) mass is 380 g/mol. The molecule has 1 unspecified atom stereocenters. The van der Waals surface area contributed by atoms with Crippen LogP contribution in [0.15, 0.2) is 53.4 Å². The van der Waals surface area contributed by atoms with E-state index in [0.29, 0.717) is 18.4 Å². The minimum atomic E-state index is -4.55. The summed E-state index contributed by atoms with van der Waals surface area (Å²) in [5.41, 5.74) is -0.536. The van der Waals surface area contributed by atoms with Crippen LogP contribution in [-0.2, 0) is 16.2 Å². The van der Waals surface area contributed by atoms with Gasteiger partial charge in [-0.15, -0.1) is 0 Å². The molecule has 0 N–H and O–H groups in total. The van der Waals surface area contributed by atoms with E-state index in [9.17, 15) is 21.6 Å². The standard InChI is InChI=1S/C18H15F3N2O2S/c19-18(20,21)16-5-2-1-4-15(16)17-6-3-11-23(17)26(24,25)14-9-7-13(12-22)8-10-14/h1-2,4-5,7-10,17H,3,6,11H2. The van der Waals surface area contributed by atoms with Crippen molar-refractivity contribution in [1.82, 2.24) is 4.31 Å². The van der Waals surface area contributed by atoms with Gasteiger partial charge in [-0.1, -0.05) is 18.2 Å². The molecule has 0 spiro atoms. The first-order chi connectivity index (χ1) is 12.2. The molecule has 2 aromatic carbocycles. The number of alkyl halides is 3. The molecule has 1 atom stereocenters. The number of nitrogens with zero attached hydrogens (tertiary/aromatic N) is 2. The van der Waals surface area contributed by atoms with Crippen LogP contribution >= 0.6 is 0 Å². The molecule has 1 saturated heterocycles. The SMILES string of the molecule is N#Cc1ccc(S(=O)(=O)N2CCCC2c2ccccc2C(F)(F)F)cc1. The van der Waals surface area contributed by atoms with Crippen LogP contribution in [0.1, 0.15) is 35.6 Å². The fourth-order valence-electron chi connectivity index (χ4n) is 3.22. The van der Waals surface area contributed by atoms with Gasteiger partial charge in [0.25, 0.3) is 0 Å². The van der Waals surface area contributed by atoms with E-state index < -0.39 is 27.8 Å². The second-order valence-corrected chi connectivity index (χ2v) is 7.89. The number of halogens is 3. The van der Waals surface area contributed by atoms with Gasteiger partial charge in [0.2, 0.25) is 10.0 Å². The number of hydrogen-bond acceptors (Lipinski definition) is 3. The molecule has 4 nitrogen and oxygen atoms in total. The lowest BCUT2D eigenvalue weighted by molar-refractivity contribution is -0.138. The average molecular weight is 380 g/mol. The van der Waals surface area contributed by atoms with E-state index in [-0.39, 0.29) is 17.0 Å². The highest BCUT2D eigenvalue weighted by Gasteiger charge is 2.41. The van der Waals surface area contributed by atoms with Gasteiger partial charge >= 0.3 is 6.18 Å². The Kier molecular flexibility index (Phi) is 4.78. The van der Waals surface area contributed by atoms with E-state index >= 15 is 0 Å². The summed E-state index contributed by atoms with van der Waals surface area (Å²) >= 11 is 0. The van der Waals surface area contributed by atoms with E-state index in [0.717, 1.165) is 10.4 Å². The second kappa shape index (κ2) is 6.74. The van der Waals surface area contributed by atoms with Crippen LogP contribution in [0.3, 0.4) is 0 Å². The van der Waals surface area contributed by atoms with Crippen molar-refractivity contribution in [3.63, 3.8) is 0 Å². The van der Waals surface area contributed by atoms with Gasteiger partial charge in [-0.2, -0.15) is 22.7 Å². The Morgan fingerprint density at radius 2 is 1.73 bits per heavy atom. The van der Waals surface area contributed by atoms with Gasteiger partial charge in [0.15, 0.2) is 0 Å². The largest absolute Gasteiger partial charge is 0.416 e. The van der Waals surface area contributed by atoms with Gasteiger partial charge < -0.3 is 0 Å². The highest BCUT2D eigenvalue weighted by molar-refractivity contribution is 7.89. The molecule has 1 aliphatic rings. The molecule has 1 heterocycles. The van der Waals surface area contributed by atoms with Crippen molar-refractivity contribution in [2.45, 2.75) is 30.0 Å². The number of rotatable bonds is 3. The zero-order valence-corrected chi connectivity index (χ0v) is 14.4. The smallest absolute Gasteiger partial charge is 0.207 e. The lowest BCUT2D eigenvalue weighted by Gasteiger charge is -2.26. The van der Waals surface area contributed by atoms with Crippen LogP contribution in [0.5, 0.6) is 0 Å². The predicted molar refractivity (Wildman–Crippen MR) is 88.5 cm³/mol. The zero-order valence-electron chi connectivity index (χ0n) is 13.6. The van der Waals surface area contributed by atoms with E-state index in [1.54, 1.807) is 0 Å². The van der Waals surface area contributed by atoms with Crippen molar-refractivity contribution in [2.75, 3.05) is 6.54 Å². The maximum Gasteiger partial charge on any atom is 0.416 e. The predicted octanol–water partition coefficient (Wildman–Crippen LogP) is 4.10. The number of sulfonamides is 1. The number of nitriles is 1. The molecule has 136 valence electrons. The molecule has 0 saturated carbocycles. The van der Waals surface area contributed by atoms with Crippen molar-refractivity contribution < 1.29 is 21.6 Å². The molecule has 0 bridgehead atoms. The maximum atomic E-state index is 13.3. The summed E-state index contributed by atoms with van der Waals surface area (Å²) in [7, 11) is -3.97. The molecular weight excluding hydrogens is 365 g/mol. The van der Waals surface area contributed by atoms with Gasteiger partial charge in [0.05, 0.1) is 28.1 Å². The summed E-state index contributed by atoms with van der Waals surface area (Å²) in [5.74, 6) is 0. The average Bonchev–Trinajstić information content (AvgIpc) is 3.11. The Morgan fingerprint density at radius 3 is 2.35 bits per heavy atom. The molecule has 1 fully saturated rings. The van der Waals surface area contributed by atoms with Crippen LogP contribution in [0.4, 0.5) is 13.2 Å². The fourth-order valence-corrected chi connectivity index (χ4v) is 4.90. The lowest BCUT2D eigenvalue weighted by Crippen LogP contribution is -2.31. The van der Waals surface area contributed by atoms with Crippen molar-refractivity contribution in [2.24, 2.45) is 0 Å². The third-order valence-electron chi connectivity index (χ3n) is 4.42. The molecule has 0 radical (unpaired) electrons. The quantitative estimate of drug-likeness (QED) is 0.805. The van der Waals surface area contributed by atoms with Crippen molar-refractivity contribution in [1.29, 1.82) is 5.26 Å². The first-order valence-corrected chi connectivity index (χ1v) is 9.37. The van der Waals surface area contributed by atoms with Crippen LogP contribution in [0.2, 0.25) is 0 Å². The summed E-state index contributed by atoms with van der Waals surface area (Å²) in [6.07, 6.45) is -3.75. The van der Waals surface area contributed by atoms with Crippen LogP contribution in [0.25, 0.3) is 0 Å². The molecule has 0 aliphatic carbocycles. The second-order valence-electron chi connectivity index (χ2n) is 5.99. The molecule has 26 heavy (non-hydrogen) atoms. The molecular formula is C18H15F3N2O2S. The molecule has 3 rings (SSSR count). The minimum absolute atomic E-state index is 0.0327. The zero-order chi connectivity index (χ0) is 18.9. The third kappa shape index (κ3) is 3.32. The van der Waals surface area contributed by atoms with Crippen LogP contribution < -0.4 is 0 Å². The van der Waals surface area contributed by atoms with Crippen LogP contribution in [-0.4, -0.2) is 19.3 Å². The molecule has 2 aromatic rings. The van der Waals surface area contributed by atoms with Crippen molar-refractivity contribution in [3.05, 3.63) is 65.2 Å². The Balaban J connectivity index is 2.02. The summed E-state index contributed by atoms with van der Waals surface area (Å²) < 4.78 is 67.0. The molecule has 0 aromatic heterocycles. The number of benzene rings is 2. The lowest BCUT2D eigenvalue weighted by atomic mass is 9.99. The maximum absolute atomic E-state index is 13.3. The Morgan fingerprint density at radius 1 is 1.08 bits per heavy atom. The van der Waals surface area contributed by atoms with Gasteiger partial charge in [0, 0.05) is 6.54 Å². The van der Waals surface area contributed by atoms with Gasteiger partial charge in [-0.05, 0) is 48.7 Å². The van der Waals surface area contributed by atoms with Gasteiger partial charge in [-0.25, -0.2) is 8.42 Å². The first-order valence-electron chi connectivity index (χ1n) is 7.93. The number of hydrogen-bond donors (Lipinski definition) is 0. The van der Waals surface area contributed by atoms with Crippen molar-refractivity contribution >= 4 is 10.0 Å². The van der Waals surface area contributed by atoms with E-state index in [2.05, 4.69) is 0 Å². The minimum Gasteiger partial charge on any atom is -0.207 e. The molecule has 8 heteroatoms. The Bertz CT molecular complexity index is 948. The topological polar surface area (TPSA) is 61.2 Å². The Labute approximate surface area is 149 Å². The highest BCUT2D eigenvalue weighted by Crippen LogP contribution is 2.42. The summed E-state index contributed by atoms with van der Waals surface area (Å²) in [5, 5.41) is 8.82. The summed E-state index contributed by atoms with van der Waals surface area (Å²) in [6.45, 7) is 0.152. The first kappa shape index (κ1) is 18.4. The molecule has 0 amide bonds. The summed E-state index contributed by atoms with van der Waals surface area (Å²) in [4.78, 5) is -0.0344. The molecule has 1 aliphatic heterocycles. The van der Waals surface area contributed by atoms with E-state index in [1.165, 1.54) is 42.5 Å². The Hall–Kier alpha value is -2.37. The fraction of sp³-hybridized carbons (Fsp3) is 0.278.